The van der Waals surface area contributed by atoms with E-state index < -0.39 is 12.2 Å². The minimum absolute atomic E-state index is 0.113. The lowest BCUT2D eigenvalue weighted by Gasteiger charge is -2.38. The number of nitrogens with two attached hydrogens (primary N) is 1. The molecular weight excluding hydrogens is 438 g/mol. The molecule has 4 rings (SSSR count). The quantitative estimate of drug-likeness (QED) is 0.404. The minimum Gasteiger partial charge on any atom is -0.402 e. The van der Waals surface area contributed by atoms with Crippen LogP contribution in [0.25, 0.3) is 0 Å². The molecule has 5 heteroatoms. The van der Waals surface area contributed by atoms with Crippen LogP contribution >= 0.6 is 0 Å². The Morgan fingerprint density at radius 1 is 0.743 bits per heavy atom. The molecule has 2 N–H and O–H groups in total. The standard InChI is InChI=1S/C30H33NO4/c1-2-26(31)25-18-27(33-19-22-12-6-3-7-13-22)29(34-20-23-14-8-4-9-15-23)30(28(25)32)35-21-24-16-10-5-11-17-24/h3-17,27,29-30H,2,18-21,31H2,1H3/b26-25-/t27-,29+,30+/m0/s1. The monoisotopic (exact) mass is 471 g/mol. The number of allylic oxidation sites excluding steroid dienone is 1. The van der Waals surface area contributed by atoms with Crippen molar-refractivity contribution >= 4 is 5.78 Å². The molecule has 0 heterocycles. The second kappa shape index (κ2) is 12.5. The minimum atomic E-state index is -0.812. The summed E-state index contributed by atoms with van der Waals surface area (Å²) in [6, 6.07) is 29.7. The first-order valence-corrected chi connectivity index (χ1v) is 12.1. The van der Waals surface area contributed by atoms with Crippen molar-refractivity contribution in [2.45, 2.75) is 57.9 Å². The molecule has 0 unspecified atom stereocenters. The first-order valence-electron chi connectivity index (χ1n) is 12.1. The first kappa shape index (κ1) is 24.9. The van der Waals surface area contributed by atoms with E-state index in [0.717, 1.165) is 16.7 Å². The highest BCUT2D eigenvalue weighted by Gasteiger charge is 2.44. The Bertz CT molecular complexity index is 1100. The highest BCUT2D eigenvalue weighted by atomic mass is 16.6. The van der Waals surface area contributed by atoms with E-state index in [1.165, 1.54) is 0 Å². The van der Waals surface area contributed by atoms with E-state index in [1.54, 1.807) is 0 Å². The van der Waals surface area contributed by atoms with Crippen LogP contribution in [-0.2, 0) is 38.8 Å². The SMILES string of the molecule is CC/C(N)=C1\C[C@H](OCc2ccccc2)[C@@H](OCc2ccccc2)[C@H](OCc2ccccc2)C1=O. The van der Waals surface area contributed by atoms with Crippen LogP contribution < -0.4 is 5.73 Å². The van der Waals surface area contributed by atoms with Gasteiger partial charge in [-0.15, -0.1) is 0 Å². The zero-order valence-corrected chi connectivity index (χ0v) is 20.1. The fourth-order valence-electron chi connectivity index (χ4n) is 4.26. The smallest absolute Gasteiger partial charge is 0.192 e. The van der Waals surface area contributed by atoms with Crippen molar-refractivity contribution < 1.29 is 19.0 Å². The molecule has 1 saturated carbocycles. The van der Waals surface area contributed by atoms with E-state index in [2.05, 4.69) is 0 Å². The number of ketones is 1. The third-order valence-corrected chi connectivity index (χ3v) is 6.26. The number of carbonyl (C=O) groups excluding carboxylic acids is 1. The number of hydrogen-bond donors (Lipinski definition) is 1. The molecule has 3 aromatic carbocycles. The number of benzene rings is 3. The van der Waals surface area contributed by atoms with Crippen molar-refractivity contribution in [2.24, 2.45) is 5.73 Å². The van der Waals surface area contributed by atoms with Crippen molar-refractivity contribution in [2.75, 3.05) is 0 Å². The van der Waals surface area contributed by atoms with Gasteiger partial charge in [-0.05, 0) is 23.1 Å². The fourth-order valence-corrected chi connectivity index (χ4v) is 4.26. The highest BCUT2D eigenvalue weighted by Crippen LogP contribution is 2.32. The van der Waals surface area contributed by atoms with Gasteiger partial charge in [0.15, 0.2) is 5.78 Å². The van der Waals surface area contributed by atoms with Crippen molar-refractivity contribution in [3.05, 3.63) is 119 Å². The summed E-state index contributed by atoms with van der Waals surface area (Å²) in [7, 11) is 0. The van der Waals surface area contributed by atoms with Gasteiger partial charge in [0.25, 0.3) is 0 Å². The molecule has 0 aromatic heterocycles. The van der Waals surface area contributed by atoms with Crippen LogP contribution in [0.15, 0.2) is 102 Å². The molecule has 0 spiro atoms. The maximum absolute atomic E-state index is 13.6. The van der Waals surface area contributed by atoms with E-state index >= 15 is 0 Å². The van der Waals surface area contributed by atoms with Gasteiger partial charge in [-0.3, -0.25) is 4.79 Å². The zero-order chi connectivity index (χ0) is 24.5. The predicted molar refractivity (Wildman–Crippen MR) is 136 cm³/mol. The number of rotatable bonds is 10. The Hall–Kier alpha value is -3.25. The normalized spacial score (nSPS) is 21.6. The van der Waals surface area contributed by atoms with Crippen molar-refractivity contribution in [1.29, 1.82) is 0 Å². The summed E-state index contributed by atoms with van der Waals surface area (Å²) in [6.45, 7) is 3.02. The first-order chi connectivity index (χ1) is 17.2. The maximum atomic E-state index is 13.6. The van der Waals surface area contributed by atoms with Gasteiger partial charge >= 0.3 is 0 Å². The largest absolute Gasteiger partial charge is 0.402 e. The van der Waals surface area contributed by atoms with E-state index in [9.17, 15) is 4.79 Å². The Balaban J connectivity index is 1.60. The molecule has 1 fully saturated rings. The molecule has 0 saturated heterocycles. The molecule has 182 valence electrons. The highest BCUT2D eigenvalue weighted by molar-refractivity contribution is 6.01. The molecule has 1 aliphatic carbocycles. The van der Waals surface area contributed by atoms with Gasteiger partial charge in [-0.1, -0.05) is 97.9 Å². The molecule has 0 aliphatic heterocycles. The average Bonchev–Trinajstić information content (AvgIpc) is 2.92. The molecule has 1 aliphatic rings. The zero-order valence-electron chi connectivity index (χ0n) is 20.1. The Labute approximate surface area is 207 Å². The van der Waals surface area contributed by atoms with Crippen LogP contribution in [0.5, 0.6) is 0 Å². The summed E-state index contributed by atoms with van der Waals surface area (Å²) in [4.78, 5) is 13.6. The molecule has 0 bridgehead atoms. The lowest BCUT2D eigenvalue weighted by Crippen LogP contribution is -2.52. The van der Waals surface area contributed by atoms with E-state index in [1.807, 2.05) is 97.9 Å². The maximum Gasteiger partial charge on any atom is 0.192 e. The second-order valence-corrected chi connectivity index (χ2v) is 8.74. The summed E-state index contributed by atoms with van der Waals surface area (Å²) in [5, 5.41) is 0. The van der Waals surface area contributed by atoms with E-state index in [0.29, 0.717) is 43.9 Å². The van der Waals surface area contributed by atoms with Crippen molar-refractivity contribution in [3.8, 4) is 0 Å². The molecule has 35 heavy (non-hydrogen) atoms. The van der Waals surface area contributed by atoms with Gasteiger partial charge in [0.1, 0.15) is 12.2 Å². The summed E-state index contributed by atoms with van der Waals surface area (Å²) in [6.07, 6.45) is -0.766. The van der Waals surface area contributed by atoms with Crippen LogP contribution in [0.2, 0.25) is 0 Å². The number of ether oxygens (including phenoxy) is 3. The molecular formula is C30H33NO4. The summed E-state index contributed by atoms with van der Waals surface area (Å²) in [5.74, 6) is -0.113. The third-order valence-electron chi connectivity index (χ3n) is 6.26. The number of hydrogen-bond acceptors (Lipinski definition) is 5. The number of Topliss-reactive ketones (excluding diaryl/α,β-unsaturated/α-hetero) is 1. The summed E-state index contributed by atoms with van der Waals surface area (Å²) in [5.41, 5.74) is 10.5. The van der Waals surface area contributed by atoms with Gasteiger partial charge in [-0.25, -0.2) is 0 Å². The van der Waals surface area contributed by atoms with Gasteiger partial charge < -0.3 is 19.9 Å². The Kier molecular flexibility index (Phi) is 8.85. The lowest BCUT2D eigenvalue weighted by molar-refractivity contribution is -0.172. The van der Waals surface area contributed by atoms with Gasteiger partial charge in [0.05, 0.1) is 25.9 Å². The van der Waals surface area contributed by atoms with Crippen molar-refractivity contribution in [3.63, 3.8) is 0 Å². The van der Waals surface area contributed by atoms with Gasteiger partial charge in [0.2, 0.25) is 0 Å². The molecule has 3 aromatic rings. The van der Waals surface area contributed by atoms with E-state index in [-0.39, 0.29) is 11.9 Å². The van der Waals surface area contributed by atoms with Crippen LogP contribution in [0.3, 0.4) is 0 Å². The average molecular weight is 472 g/mol. The lowest BCUT2D eigenvalue weighted by atomic mass is 9.84. The van der Waals surface area contributed by atoms with Gasteiger partial charge in [0, 0.05) is 17.7 Å². The Morgan fingerprint density at radius 3 is 1.69 bits per heavy atom. The van der Waals surface area contributed by atoms with Crippen LogP contribution in [0, 0.1) is 0 Å². The van der Waals surface area contributed by atoms with Crippen LogP contribution in [0.4, 0.5) is 0 Å². The fraction of sp³-hybridized carbons (Fsp3) is 0.300. The summed E-state index contributed by atoms with van der Waals surface area (Å²) < 4.78 is 19.0. The Morgan fingerprint density at radius 2 is 1.20 bits per heavy atom. The number of carbonyl (C=O) groups is 1. The molecule has 5 nitrogen and oxygen atoms in total. The van der Waals surface area contributed by atoms with Gasteiger partial charge in [-0.2, -0.15) is 0 Å². The van der Waals surface area contributed by atoms with Crippen LogP contribution in [-0.4, -0.2) is 24.1 Å². The third kappa shape index (κ3) is 6.67. The topological polar surface area (TPSA) is 70.8 Å². The van der Waals surface area contributed by atoms with Crippen LogP contribution in [0.1, 0.15) is 36.5 Å². The second-order valence-electron chi connectivity index (χ2n) is 8.74. The summed E-state index contributed by atoms with van der Waals surface area (Å²) >= 11 is 0. The molecule has 0 amide bonds. The molecule has 0 radical (unpaired) electrons. The predicted octanol–water partition coefficient (Wildman–Crippen LogP) is 5.34. The van der Waals surface area contributed by atoms with Crippen molar-refractivity contribution in [1.82, 2.24) is 0 Å². The molecule has 3 atom stereocenters. The van der Waals surface area contributed by atoms with E-state index in [4.69, 9.17) is 19.9 Å².